The molecule has 1 aliphatic carbocycles. The first kappa shape index (κ1) is 23.4. The Morgan fingerprint density at radius 1 is 0.931 bits per heavy atom. The highest BCUT2D eigenvalue weighted by molar-refractivity contribution is 5.83. The van der Waals surface area contributed by atoms with Crippen LogP contribution in [0.3, 0.4) is 0 Å². The maximum Gasteiger partial charge on any atom is 0.315 e. The number of benzene rings is 1. The lowest BCUT2D eigenvalue weighted by Crippen LogP contribution is -2.36. The van der Waals surface area contributed by atoms with Crippen LogP contribution in [0.15, 0.2) is 24.3 Å². The number of hydrogen-bond donors (Lipinski definition) is 0. The van der Waals surface area contributed by atoms with Gasteiger partial charge < -0.3 is 9.47 Å². The Balaban J connectivity index is 1.88. The second-order valence-electron chi connectivity index (χ2n) is 8.55. The minimum atomic E-state index is -0.402. The topological polar surface area (TPSA) is 52.6 Å². The monoisotopic (exact) mass is 402 g/mol. The highest BCUT2D eigenvalue weighted by Gasteiger charge is 2.38. The second kappa shape index (κ2) is 12.7. The maximum atomic E-state index is 12.9. The maximum absolute atomic E-state index is 12.9. The van der Waals surface area contributed by atoms with Crippen molar-refractivity contribution < 1.29 is 19.1 Å². The zero-order chi connectivity index (χ0) is 21.1. The van der Waals surface area contributed by atoms with Gasteiger partial charge in [-0.2, -0.15) is 0 Å². The first-order chi connectivity index (χ1) is 14.0. The molecule has 1 fully saturated rings. The van der Waals surface area contributed by atoms with Crippen molar-refractivity contribution in [3.63, 3.8) is 0 Å². The number of rotatable bonds is 11. The predicted octanol–water partition coefficient (Wildman–Crippen LogP) is 6.43. The minimum Gasteiger partial charge on any atom is -0.465 e. The summed E-state index contributed by atoms with van der Waals surface area (Å²) in [6.07, 6.45) is 10.3. The third-order valence-electron chi connectivity index (χ3n) is 5.87. The van der Waals surface area contributed by atoms with Crippen LogP contribution in [0, 0.1) is 11.8 Å². The van der Waals surface area contributed by atoms with E-state index in [9.17, 15) is 9.59 Å². The van der Waals surface area contributed by atoms with Crippen LogP contribution >= 0.6 is 0 Å². The van der Waals surface area contributed by atoms with Crippen molar-refractivity contribution in [2.45, 2.75) is 90.9 Å². The molecule has 1 aliphatic rings. The Morgan fingerprint density at radius 3 is 2.24 bits per heavy atom. The van der Waals surface area contributed by atoms with E-state index in [0.29, 0.717) is 25.2 Å². The number of carbonyl (C=O) groups excluding carboxylic acids is 2. The van der Waals surface area contributed by atoms with Crippen LogP contribution in [0.2, 0.25) is 0 Å². The molecule has 0 bridgehead atoms. The highest BCUT2D eigenvalue weighted by Crippen LogP contribution is 2.34. The molecular weight excluding hydrogens is 364 g/mol. The zero-order valence-electron chi connectivity index (χ0n) is 18.5. The van der Waals surface area contributed by atoms with E-state index >= 15 is 0 Å². The van der Waals surface area contributed by atoms with Gasteiger partial charge in [-0.25, -0.2) is 0 Å². The van der Waals surface area contributed by atoms with Gasteiger partial charge in [-0.3, -0.25) is 9.59 Å². The Bertz CT molecular complexity index is 637. The van der Waals surface area contributed by atoms with Gasteiger partial charge >= 0.3 is 11.9 Å². The van der Waals surface area contributed by atoms with Crippen LogP contribution < -0.4 is 4.74 Å². The van der Waals surface area contributed by atoms with Gasteiger partial charge in [-0.05, 0) is 36.8 Å². The van der Waals surface area contributed by atoms with Crippen LogP contribution in [-0.4, -0.2) is 18.5 Å². The van der Waals surface area contributed by atoms with E-state index in [2.05, 4.69) is 20.8 Å². The summed E-state index contributed by atoms with van der Waals surface area (Å²) in [7, 11) is 0. The molecule has 4 heteroatoms. The lowest BCUT2D eigenvalue weighted by atomic mass is 9.79. The van der Waals surface area contributed by atoms with Gasteiger partial charge in [0, 0.05) is 0 Å². The van der Waals surface area contributed by atoms with Crippen LogP contribution in [0.25, 0.3) is 0 Å². The number of ether oxygens (including phenoxy) is 2. The SMILES string of the molecule is CCCCCCCCOC(=O)C1CCCCC1C(=O)Oc1ccccc1C(C)C. The molecule has 0 N–H and O–H groups in total. The number of hydrogen-bond acceptors (Lipinski definition) is 4. The standard InChI is InChI=1S/C25H38O4/c1-4-5-6-7-8-13-18-28-24(26)21-15-9-10-16-22(21)25(27)29-23-17-12-11-14-20(23)19(2)3/h11-12,14,17,19,21-22H,4-10,13,15-16,18H2,1-3H3. The molecule has 0 amide bonds. The fourth-order valence-corrected chi connectivity index (χ4v) is 4.09. The van der Waals surface area contributed by atoms with E-state index in [0.717, 1.165) is 31.2 Å². The van der Waals surface area contributed by atoms with Crippen molar-refractivity contribution >= 4 is 11.9 Å². The average molecular weight is 403 g/mol. The van der Waals surface area contributed by atoms with Crippen LogP contribution in [0.1, 0.15) is 96.5 Å². The Kier molecular flexibility index (Phi) is 10.2. The lowest BCUT2D eigenvalue weighted by molar-refractivity contribution is -0.158. The summed E-state index contributed by atoms with van der Waals surface area (Å²) in [6, 6.07) is 7.65. The summed E-state index contributed by atoms with van der Waals surface area (Å²) in [5, 5.41) is 0. The first-order valence-corrected chi connectivity index (χ1v) is 11.5. The van der Waals surface area contributed by atoms with Crippen LogP contribution in [-0.2, 0) is 14.3 Å². The van der Waals surface area contributed by atoms with Crippen LogP contribution in [0.5, 0.6) is 5.75 Å². The Labute approximate surface area is 176 Å². The molecular formula is C25H38O4. The molecule has 2 unspecified atom stereocenters. The smallest absolute Gasteiger partial charge is 0.315 e. The predicted molar refractivity (Wildman–Crippen MR) is 116 cm³/mol. The van der Waals surface area contributed by atoms with Crippen molar-refractivity contribution in [1.29, 1.82) is 0 Å². The Hall–Kier alpha value is -1.84. The molecule has 162 valence electrons. The van der Waals surface area contributed by atoms with Crippen molar-refractivity contribution in [1.82, 2.24) is 0 Å². The molecule has 4 nitrogen and oxygen atoms in total. The molecule has 0 heterocycles. The highest BCUT2D eigenvalue weighted by atomic mass is 16.5. The summed E-state index contributed by atoms with van der Waals surface area (Å²) in [4.78, 5) is 25.5. The van der Waals surface area contributed by atoms with Gasteiger partial charge in [0.1, 0.15) is 5.75 Å². The van der Waals surface area contributed by atoms with E-state index in [1.54, 1.807) is 0 Å². The summed E-state index contributed by atoms with van der Waals surface area (Å²) in [5.74, 6) is -0.416. The number of carbonyl (C=O) groups is 2. The van der Waals surface area contributed by atoms with Crippen molar-refractivity contribution in [2.24, 2.45) is 11.8 Å². The minimum absolute atomic E-state index is 0.225. The zero-order valence-corrected chi connectivity index (χ0v) is 18.5. The molecule has 29 heavy (non-hydrogen) atoms. The molecule has 0 aromatic heterocycles. The number of esters is 2. The molecule has 2 atom stereocenters. The first-order valence-electron chi connectivity index (χ1n) is 11.5. The van der Waals surface area contributed by atoms with Crippen molar-refractivity contribution in [3.8, 4) is 5.75 Å². The van der Waals surface area contributed by atoms with Gasteiger partial charge in [0.15, 0.2) is 0 Å². The van der Waals surface area contributed by atoms with E-state index in [1.807, 2.05) is 24.3 Å². The average Bonchev–Trinajstić information content (AvgIpc) is 2.73. The normalized spacial score (nSPS) is 19.2. The van der Waals surface area contributed by atoms with E-state index < -0.39 is 5.92 Å². The van der Waals surface area contributed by atoms with Gasteiger partial charge in [0.2, 0.25) is 0 Å². The summed E-state index contributed by atoms with van der Waals surface area (Å²) in [5.41, 5.74) is 1.01. The molecule has 0 radical (unpaired) electrons. The quantitative estimate of drug-likeness (QED) is 0.243. The number of para-hydroxylation sites is 1. The molecule has 0 saturated heterocycles. The molecule has 2 rings (SSSR count). The third kappa shape index (κ3) is 7.49. The second-order valence-corrected chi connectivity index (χ2v) is 8.55. The largest absolute Gasteiger partial charge is 0.465 e. The van der Waals surface area contributed by atoms with Gasteiger partial charge in [-0.1, -0.05) is 83.9 Å². The molecule has 1 saturated carbocycles. The van der Waals surface area contributed by atoms with Gasteiger partial charge in [0.25, 0.3) is 0 Å². The van der Waals surface area contributed by atoms with E-state index in [4.69, 9.17) is 9.47 Å². The number of unbranched alkanes of at least 4 members (excludes halogenated alkanes) is 5. The molecule has 0 spiro atoms. The van der Waals surface area contributed by atoms with Crippen molar-refractivity contribution in [2.75, 3.05) is 6.61 Å². The van der Waals surface area contributed by atoms with Crippen LogP contribution in [0.4, 0.5) is 0 Å². The molecule has 1 aromatic rings. The lowest BCUT2D eigenvalue weighted by Gasteiger charge is -2.28. The molecule has 1 aromatic carbocycles. The fraction of sp³-hybridized carbons (Fsp3) is 0.680. The van der Waals surface area contributed by atoms with E-state index in [1.165, 1.54) is 25.7 Å². The summed E-state index contributed by atoms with van der Waals surface area (Å²) < 4.78 is 11.3. The van der Waals surface area contributed by atoms with Crippen molar-refractivity contribution in [3.05, 3.63) is 29.8 Å². The molecule has 0 aliphatic heterocycles. The third-order valence-corrected chi connectivity index (χ3v) is 5.87. The van der Waals surface area contributed by atoms with Gasteiger partial charge in [0.05, 0.1) is 18.4 Å². The summed E-state index contributed by atoms with van der Waals surface area (Å²) in [6.45, 7) is 6.82. The fourth-order valence-electron chi connectivity index (χ4n) is 4.09. The van der Waals surface area contributed by atoms with E-state index in [-0.39, 0.29) is 23.8 Å². The Morgan fingerprint density at radius 2 is 1.55 bits per heavy atom. The summed E-state index contributed by atoms with van der Waals surface area (Å²) >= 11 is 0. The van der Waals surface area contributed by atoms with Gasteiger partial charge in [-0.15, -0.1) is 0 Å².